The van der Waals surface area contributed by atoms with Gasteiger partial charge in [0, 0.05) is 11.8 Å². The molecular formula is C20H17N3O2. The number of rotatable bonds is 3. The van der Waals surface area contributed by atoms with E-state index in [-0.39, 0.29) is 11.7 Å². The van der Waals surface area contributed by atoms with E-state index < -0.39 is 6.04 Å². The van der Waals surface area contributed by atoms with E-state index in [4.69, 9.17) is 0 Å². The van der Waals surface area contributed by atoms with Gasteiger partial charge >= 0.3 is 0 Å². The molecule has 1 aliphatic heterocycles. The number of fused-ring (bicyclic) bond motifs is 1. The number of nitrogens with one attached hydrogen (secondary N) is 1. The fourth-order valence-electron chi connectivity index (χ4n) is 3.57. The van der Waals surface area contributed by atoms with Crippen LogP contribution in [0.1, 0.15) is 35.9 Å². The van der Waals surface area contributed by atoms with Crippen molar-refractivity contribution in [3.63, 3.8) is 0 Å². The highest BCUT2D eigenvalue weighted by atomic mass is 16.3. The van der Waals surface area contributed by atoms with Crippen LogP contribution in [-0.4, -0.2) is 21.0 Å². The lowest BCUT2D eigenvalue weighted by atomic mass is 10.0. The molecule has 3 aromatic rings. The summed E-state index contributed by atoms with van der Waals surface area (Å²) in [6.07, 6.45) is 5.44. The van der Waals surface area contributed by atoms with Gasteiger partial charge in [-0.3, -0.25) is 9.69 Å². The van der Waals surface area contributed by atoms with Crippen LogP contribution in [0, 0.1) is 0 Å². The third kappa shape index (κ3) is 2.31. The number of carbonyl (C=O) groups excluding carboxylic acids is 1. The van der Waals surface area contributed by atoms with E-state index in [0.717, 1.165) is 22.3 Å². The number of hydrogen-bond donors (Lipinski definition) is 2. The number of aromatic nitrogens is 2. The number of H-pyrrole nitrogens is 1. The van der Waals surface area contributed by atoms with Crippen LogP contribution in [0.3, 0.4) is 0 Å². The molecule has 1 saturated carbocycles. The highest BCUT2D eigenvalue weighted by Crippen LogP contribution is 2.42. The molecule has 5 heteroatoms. The van der Waals surface area contributed by atoms with Crippen molar-refractivity contribution in [2.75, 3.05) is 4.90 Å². The van der Waals surface area contributed by atoms with Gasteiger partial charge in [0.2, 0.25) is 0 Å². The SMILES string of the molecule is O=C1C=C(O)C(c2ccc(C3CC3)cc2)N1c1ccc2nc[nH]c2c1. The molecule has 0 radical (unpaired) electrons. The second kappa shape index (κ2) is 5.21. The van der Waals surface area contributed by atoms with Crippen LogP contribution in [-0.2, 0) is 4.79 Å². The predicted molar refractivity (Wildman–Crippen MR) is 95.4 cm³/mol. The molecule has 2 aromatic carbocycles. The van der Waals surface area contributed by atoms with Crippen molar-refractivity contribution in [3.8, 4) is 0 Å². The van der Waals surface area contributed by atoms with Gasteiger partial charge < -0.3 is 10.1 Å². The van der Waals surface area contributed by atoms with Gasteiger partial charge in [-0.1, -0.05) is 24.3 Å². The third-order valence-electron chi connectivity index (χ3n) is 5.03. The first-order valence-corrected chi connectivity index (χ1v) is 8.47. The molecule has 2 aliphatic rings. The van der Waals surface area contributed by atoms with E-state index in [1.165, 1.54) is 24.5 Å². The van der Waals surface area contributed by atoms with E-state index in [9.17, 15) is 9.90 Å². The van der Waals surface area contributed by atoms with Crippen molar-refractivity contribution >= 4 is 22.6 Å². The van der Waals surface area contributed by atoms with Crippen LogP contribution in [0.2, 0.25) is 0 Å². The largest absolute Gasteiger partial charge is 0.510 e. The van der Waals surface area contributed by atoms with Crippen LogP contribution < -0.4 is 4.90 Å². The number of aromatic amines is 1. The molecule has 0 spiro atoms. The number of benzene rings is 2. The molecule has 1 atom stereocenters. The summed E-state index contributed by atoms with van der Waals surface area (Å²) in [6, 6.07) is 13.4. The first-order valence-electron chi connectivity index (χ1n) is 8.47. The minimum atomic E-state index is -0.485. The number of nitrogens with zero attached hydrogens (tertiary/aromatic N) is 2. The van der Waals surface area contributed by atoms with Crippen LogP contribution in [0.25, 0.3) is 11.0 Å². The Balaban J connectivity index is 1.55. The van der Waals surface area contributed by atoms with Gasteiger partial charge in [-0.05, 0) is 48.1 Å². The Hall–Kier alpha value is -3.08. The van der Waals surface area contributed by atoms with Gasteiger partial charge in [-0.25, -0.2) is 4.98 Å². The highest BCUT2D eigenvalue weighted by molar-refractivity contribution is 6.06. The van der Waals surface area contributed by atoms with Crippen molar-refractivity contribution in [2.24, 2.45) is 0 Å². The molecule has 0 bridgehead atoms. The van der Waals surface area contributed by atoms with Crippen molar-refractivity contribution in [1.29, 1.82) is 0 Å². The maximum absolute atomic E-state index is 12.5. The first-order chi connectivity index (χ1) is 12.2. The van der Waals surface area contributed by atoms with Crippen molar-refractivity contribution in [3.05, 3.63) is 71.8 Å². The average Bonchev–Trinajstić information content (AvgIpc) is 3.28. The fraction of sp³-hybridized carbons (Fsp3) is 0.200. The van der Waals surface area contributed by atoms with Crippen LogP contribution in [0.5, 0.6) is 0 Å². The Morgan fingerprint density at radius 2 is 1.84 bits per heavy atom. The van der Waals surface area contributed by atoms with Crippen molar-refractivity contribution < 1.29 is 9.90 Å². The van der Waals surface area contributed by atoms with Gasteiger partial charge in [-0.2, -0.15) is 0 Å². The summed E-state index contributed by atoms with van der Waals surface area (Å²) in [6.45, 7) is 0. The monoisotopic (exact) mass is 331 g/mol. The molecule has 25 heavy (non-hydrogen) atoms. The lowest BCUT2D eigenvalue weighted by Crippen LogP contribution is -2.29. The molecule has 1 aliphatic carbocycles. The Kier molecular flexibility index (Phi) is 2.98. The normalized spacial score (nSPS) is 20.3. The van der Waals surface area contributed by atoms with E-state index >= 15 is 0 Å². The number of amides is 1. The summed E-state index contributed by atoms with van der Waals surface area (Å²) in [5.74, 6) is 0.545. The Morgan fingerprint density at radius 1 is 1.08 bits per heavy atom. The summed E-state index contributed by atoms with van der Waals surface area (Å²) in [5, 5.41) is 10.4. The summed E-state index contributed by atoms with van der Waals surface area (Å²) in [5.41, 5.74) is 4.69. The zero-order chi connectivity index (χ0) is 17.0. The summed E-state index contributed by atoms with van der Waals surface area (Å²) in [4.78, 5) is 21.4. The Morgan fingerprint density at radius 3 is 2.60 bits per heavy atom. The third-order valence-corrected chi connectivity index (χ3v) is 5.03. The standard InChI is InChI=1S/C20H17N3O2/c24-18-10-19(25)23(15-7-8-16-17(9-15)22-11-21-16)20(18)14-5-3-13(4-6-14)12-1-2-12/h3-12,20,24H,1-2H2,(H,21,22). The zero-order valence-electron chi connectivity index (χ0n) is 13.5. The lowest BCUT2D eigenvalue weighted by Gasteiger charge is -2.26. The van der Waals surface area contributed by atoms with E-state index in [2.05, 4.69) is 22.1 Å². The highest BCUT2D eigenvalue weighted by Gasteiger charge is 2.35. The molecule has 5 rings (SSSR count). The summed E-state index contributed by atoms with van der Waals surface area (Å²) < 4.78 is 0. The minimum Gasteiger partial charge on any atom is -0.510 e. The Labute approximate surface area is 144 Å². The zero-order valence-corrected chi connectivity index (χ0v) is 13.5. The van der Waals surface area contributed by atoms with Crippen LogP contribution in [0.4, 0.5) is 5.69 Å². The van der Waals surface area contributed by atoms with E-state index in [1.54, 1.807) is 11.2 Å². The molecule has 1 amide bonds. The van der Waals surface area contributed by atoms with Gasteiger partial charge in [-0.15, -0.1) is 0 Å². The maximum Gasteiger partial charge on any atom is 0.255 e. The predicted octanol–water partition coefficient (Wildman–Crippen LogP) is 3.97. The number of hydrogen-bond acceptors (Lipinski definition) is 3. The molecular weight excluding hydrogens is 314 g/mol. The molecule has 0 saturated heterocycles. The van der Waals surface area contributed by atoms with Gasteiger partial charge in [0.1, 0.15) is 11.8 Å². The van der Waals surface area contributed by atoms with Gasteiger partial charge in [0.15, 0.2) is 0 Å². The molecule has 1 fully saturated rings. The van der Waals surface area contributed by atoms with Gasteiger partial charge in [0.25, 0.3) is 5.91 Å². The van der Waals surface area contributed by atoms with Crippen molar-refractivity contribution in [2.45, 2.75) is 24.8 Å². The minimum absolute atomic E-state index is 0.0777. The number of aliphatic hydroxyl groups excluding tert-OH is 1. The Bertz CT molecular complexity index is 999. The molecule has 5 nitrogen and oxygen atoms in total. The second-order valence-electron chi connectivity index (χ2n) is 6.72. The molecule has 1 aromatic heterocycles. The number of anilines is 1. The number of imidazole rings is 1. The second-order valence-corrected chi connectivity index (χ2v) is 6.72. The summed E-state index contributed by atoms with van der Waals surface area (Å²) in [7, 11) is 0. The number of carbonyl (C=O) groups is 1. The number of aliphatic hydroxyl groups is 1. The molecule has 2 heterocycles. The molecule has 2 N–H and O–H groups in total. The van der Waals surface area contributed by atoms with Crippen LogP contribution in [0.15, 0.2) is 60.6 Å². The first kappa shape index (κ1) is 14.3. The average molecular weight is 331 g/mol. The molecule has 124 valence electrons. The quantitative estimate of drug-likeness (QED) is 0.763. The fourth-order valence-corrected chi connectivity index (χ4v) is 3.57. The summed E-state index contributed by atoms with van der Waals surface area (Å²) >= 11 is 0. The topological polar surface area (TPSA) is 69.2 Å². The lowest BCUT2D eigenvalue weighted by molar-refractivity contribution is -0.113. The van der Waals surface area contributed by atoms with E-state index in [0.29, 0.717) is 5.92 Å². The van der Waals surface area contributed by atoms with Crippen LogP contribution >= 0.6 is 0 Å². The van der Waals surface area contributed by atoms with E-state index in [1.807, 2.05) is 30.3 Å². The molecule has 1 unspecified atom stereocenters. The maximum atomic E-state index is 12.5. The van der Waals surface area contributed by atoms with Gasteiger partial charge in [0.05, 0.1) is 17.4 Å². The van der Waals surface area contributed by atoms with Crippen molar-refractivity contribution in [1.82, 2.24) is 9.97 Å². The smallest absolute Gasteiger partial charge is 0.255 e.